The van der Waals surface area contributed by atoms with Crippen LogP contribution in [-0.2, 0) is 16.1 Å². The Morgan fingerprint density at radius 2 is 2.00 bits per heavy atom. The van der Waals surface area contributed by atoms with Crippen molar-refractivity contribution in [1.29, 1.82) is 0 Å². The van der Waals surface area contributed by atoms with Crippen molar-refractivity contribution < 1.29 is 18.7 Å². The average molecular weight is 340 g/mol. The molecule has 2 rings (SSSR count). The summed E-state index contributed by atoms with van der Waals surface area (Å²) in [5.74, 6) is 0.390. The van der Waals surface area contributed by atoms with Crippen LogP contribution in [0.15, 0.2) is 42.5 Å². The Bertz CT molecular complexity index is 828. The van der Waals surface area contributed by atoms with Crippen molar-refractivity contribution in [3.8, 4) is 18.1 Å². The number of carbonyl (C=O) groups is 2. The molecule has 5 nitrogen and oxygen atoms in total. The van der Waals surface area contributed by atoms with Gasteiger partial charge in [-0.05, 0) is 42.8 Å². The Morgan fingerprint density at radius 1 is 1.20 bits per heavy atom. The quantitative estimate of drug-likeness (QED) is 0.649. The first kappa shape index (κ1) is 18.0. The van der Waals surface area contributed by atoms with Crippen LogP contribution < -0.4 is 15.4 Å². The Balaban J connectivity index is 1.92. The van der Waals surface area contributed by atoms with Crippen LogP contribution in [0.3, 0.4) is 0 Å². The average Bonchev–Trinajstić information content (AvgIpc) is 2.62. The van der Waals surface area contributed by atoms with E-state index >= 15 is 0 Å². The number of hydrogen-bond acceptors (Lipinski definition) is 3. The van der Waals surface area contributed by atoms with E-state index in [0.29, 0.717) is 23.4 Å². The third-order valence-corrected chi connectivity index (χ3v) is 3.24. The van der Waals surface area contributed by atoms with Gasteiger partial charge in [-0.1, -0.05) is 18.1 Å². The highest BCUT2D eigenvalue weighted by molar-refractivity contribution is 6.39. The third-order valence-electron chi connectivity index (χ3n) is 3.24. The largest absolute Gasteiger partial charge is 0.491 e. The number of ether oxygens (including phenoxy) is 1. The molecule has 0 unspecified atom stereocenters. The monoisotopic (exact) mass is 340 g/mol. The van der Waals surface area contributed by atoms with E-state index in [1.165, 1.54) is 12.1 Å². The van der Waals surface area contributed by atoms with Gasteiger partial charge in [-0.25, -0.2) is 4.39 Å². The fourth-order valence-corrected chi connectivity index (χ4v) is 2.06. The number of rotatable bonds is 5. The zero-order valence-electron chi connectivity index (χ0n) is 13.6. The minimum Gasteiger partial charge on any atom is -0.491 e. The predicted octanol–water partition coefficient (Wildman–Crippen LogP) is 2.46. The van der Waals surface area contributed by atoms with Crippen molar-refractivity contribution in [3.63, 3.8) is 0 Å². The second-order valence-corrected chi connectivity index (χ2v) is 5.06. The van der Waals surface area contributed by atoms with Crippen molar-refractivity contribution in [3.05, 3.63) is 59.4 Å². The lowest BCUT2D eigenvalue weighted by atomic mass is 10.2. The summed E-state index contributed by atoms with van der Waals surface area (Å²) in [6, 6.07) is 10.9. The maximum atomic E-state index is 13.7. The summed E-state index contributed by atoms with van der Waals surface area (Å²) < 4.78 is 18.8. The minimum absolute atomic E-state index is 0.0139. The number of nitrogens with one attached hydrogen (secondary N) is 2. The van der Waals surface area contributed by atoms with Crippen molar-refractivity contribution >= 4 is 17.5 Å². The number of carbonyl (C=O) groups excluding carboxylic acids is 2. The fourth-order valence-electron chi connectivity index (χ4n) is 2.06. The van der Waals surface area contributed by atoms with E-state index in [2.05, 4.69) is 16.6 Å². The zero-order valence-corrected chi connectivity index (χ0v) is 13.6. The molecule has 0 saturated heterocycles. The molecule has 25 heavy (non-hydrogen) atoms. The molecule has 0 aliphatic heterocycles. The van der Waals surface area contributed by atoms with Crippen LogP contribution in [0.2, 0.25) is 0 Å². The lowest BCUT2D eigenvalue weighted by Gasteiger charge is -2.09. The molecule has 2 amide bonds. The smallest absolute Gasteiger partial charge is 0.313 e. The van der Waals surface area contributed by atoms with Crippen LogP contribution in [0.5, 0.6) is 5.75 Å². The standard InChI is InChI=1S/C19H17FN2O3/c1-3-13-6-5-7-15(10-13)22-19(24)18(23)21-12-14-8-9-17(25-4-2)16(20)11-14/h1,5-11H,4,12H2,2H3,(H,21,23)(H,22,24). The van der Waals surface area contributed by atoms with Gasteiger partial charge in [0.15, 0.2) is 11.6 Å². The molecule has 0 aliphatic carbocycles. The lowest BCUT2D eigenvalue weighted by molar-refractivity contribution is -0.136. The molecule has 128 valence electrons. The van der Waals surface area contributed by atoms with Gasteiger partial charge in [0.25, 0.3) is 0 Å². The van der Waals surface area contributed by atoms with Crippen LogP contribution in [-0.4, -0.2) is 18.4 Å². The second-order valence-electron chi connectivity index (χ2n) is 5.06. The van der Waals surface area contributed by atoms with Gasteiger partial charge in [-0.3, -0.25) is 9.59 Å². The molecule has 0 heterocycles. The molecule has 0 bridgehead atoms. The maximum absolute atomic E-state index is 13.7. The number of anilines is 1. The van der Waals surface area contributed by atoms with Crippen LogP contribution >= 0.6 is 0 Å². The van der Waals surface area contributed by atoms with Crippen molar-refractivity contribution in [1.82, 2.24) is 5.32 Å². The summed E-state index contributed by atoms with van der Waals surface area (Å²) in [6.45, 7) is 2.12. The van der Waals surface area contributed by atoms with Gasteiger partial charge < -0.3 is 15.4 Å². The van der Waals surface area contributed by atoms with Gasteiger partial charge >= 0.3 is 11.8 Å². The molecule has 2 aromatic carbocycles. The first-order valence-corrected chi connectivity index (χ1v) is 7.60. The Kier molecular flexibility index (Phi) is 6.13. The summed E-state index contributed by atoms with van der Waals surface area (Å²) in [6.07, 6.45) is 5.28. The molecule has 2 N–H and O–H groups in total. The molecular formula is C19H17FN2O3. The summed E-state index contributed by atoms with van der Waals surface area (Å²) in [5.41, 5.74) is 1.52. The topological polar surface area (TPSA) is 67.4 Å². The molecule has 2 aromatic rings. The molecule has 0 saturated carbocycles. The van der Waals surface area contributed by atoms with Crippen LogP contribution in [0.25, 0.3) is 0 Å². The second kappa shape index (κ2) is 8.50. The molecular weight excluding hydrogens is 323 g/mol. The van der Waals surface area contributed by atoms with Gasteiger partial charge in [-0.15, -0.1) is 6.42 Å². The number of terminal acetylenes is 1. The third kappa shape index (κ3) is 5.08. The van der Waals surface area contributed by atoms with Crippen molar-refractivity contribution in [2.45, 2.75) is 13.5 Å². The fraction of sp³-hybridized carbons (Fsp3) is 0.158. The highest BCUT2D eigenvalue weighted by Crippen LogP contribution is 2.18. The summed E-state index contributed by atoms with van der Waals surface area (Å²) in [5, 5.41) is 4.88. The molecule has 0 aromatic heterocycles. The maximum Gasteiger partial charge on any atom is 0.313 e. The number of halogens is 1. The Labute approximate surface area is 145 Å². The van der Waals surface area contributed by atoms with Crippen molar-refractivity contribution in [2.75, 3.05) is 11.9 Å². The molecule has 6 heteroatoms. The minimum atomic E-state index is -0.833. The molecule has 0 spiro atoms. The number of hydrogen-bond donors (Lipinski definition) is 2. The molecule has 0 atom stereocenters. The van der Waals surface area contributed by atoms with Crippen LogP contribution in [0.4, 0.5) is 10.1 Å². The highest BCUT2D eigenvalue weighted by atomic mass is 19.1. The molecule has 0 radical (unpaired) electrons. The van der Waals surface area contributed by atoms with E-state index in [1.807, 2.05) is 0 Å². The summed E-state index contributed by atoms with van der Waals surface area (Å²) >= 11 is 0. The van der Waals surface area contributed by atoms with E-state index in [0.717, 1.165) is 0 Å². The van der Waals surface area contributed by atoms with E-state index in [4.69, 9.17) is 11.2 Å². The van der Waals surface area contributed by atoms with Gasteiger partial charge in [0.05, 0.1) is 6.61 Å². The lowest BCUT2D eigenvalue weighted by Crippen LogP contribution is -2.35. The predicted molar refractivity (Wildman–Crippen MR) is 92.4 cm³/mol. The Morgan fingerprint density at radius 3 is 2.68 bits per heavy atom. The number of amides is 2. The molecule has 0 fully saturated rings. The van der Waals surface area contributed by atoms with Gasteiger partial charge in [-0.2, -0.15) is 0 Å². The molecule has 0 aliphatic rings. The summed E-state index contributed by atoms with van der Waals surface area (Å²) in [7, 11) is 0. The SMILES string of the molecule is C#Cc1cccc(NC(=O)C(=O)NCc2ccc(OCC)c(F)c2)c1. The van der Waals surface area contributed by atoms with E-state index in [-0.39, 0.29) is 12.3 Å². The van der Waals surface area contributed by atoms with Gasteiger partial charge in [0, 0.05) is 17.8 Å². The number of benzene rings is 2. The summed E-state index contributed by atoms with van der Waals surface area (Å²) in [4.78, 5) is 23.7. The zero-order chi connectivity index (χ0) is 18.2. The first-order chi connectivity index (χ1) is 12.0. The van der Waals surface area contributed by atoms with Crippen molar-refractivity contribution in [2.24, 2.45) is 0 Å². The van der Waals surface area contributed by atoms with E-state index in [9.17, 15) is 14.0 Å². The van der Waals surface area contributed by atoms with E-state index < -0.39 is 17.6 Å². The van der Waals surface area contributed by atoms with Gasteiger partial charge in [0.2, 0.25) is 0 Å². The van der Waals surface area contributed by atoms with Crippen LogP contribution in [0.1, 0.15) is 18.1 Å². The Hall–Kier alpha value is -3.33. The first-order valence-electron chi connectivity index (χ1n) is 7.60. The normalized spacial score (nSPS) is 9.80. The van der Waals surface area contributed by atoms with E-state index in [1.54, 1.807) is 37.3 Å². The van der Waals surface area contributed by atoms with Gasteiger partial charge in [0.1, 0.15) is 0 Å². The van der Waals surface area contributed by atoms with Crippen LogP contribution in [0, 0.1) is 18.2 Å². The highest BCUT2D eigenvalue weighted by Gasteiger charge is 2.14.